The first-order valence-corrected chi connectivity index (χ1v) is 5.39. The van der Waals surface area contributed by atoms with Crippen LogP contribution in [0, 0.1) is 0 Å². The number of ether oxygens (including phenoxy) is 1. The zero-order valence-corrected chi connectivity index (χ0v) is 10.3. The number of hydrogen-bond donors (Lipinski definition) is 3. The molecule has 0 saturated carbocycles. The van der Waals surface area contributed by atoms with Crippen LogP contribution in [0.5, 0.6) is 17.2 Å². The lowest BCUT2D eigenvalue weighted by Crippen LogP contribution is -2.00. The van der Waals surface area contributed by atoms with Crippen LogP contribution < -0.4 is 0 Å². The molecule has 0 aliphatic carbocycles. The van der Waals surface area contributed by atoms with Crippen molar-refractivity contribution in [3.8, 4) is 17.2 Å². The first kappa shape index (κ1) is 14.4. The molecule has 0 spiro atoms. The second-order valence-corrected chi connectivity index (χ2v) is 3.50. The number of aromatic hydroxyl groups is 3. The van der Waals surface area contributed by atoms with Crippen molar-refractivity contribution in [2.24, 2.45) is 0 Å². The average molecular weight is 262 g/mol. The summed E-state index contributed by atoms with van der Waals surface area (Å²) in [4.78, 5) is 10.9. The van der Waals surface area contributed by atoms with Crippen LogP contribution in [0.15, 0.2) is 48.5 Å². The van der Waals surface area contributed by atoms with Crippen molar-refractivity contribution in [1.82, 2.24) is 0 Å². The Hall–Kier alpha value is -2.69. The van der Waals surface area contributed by atoms with Gasteiger partial charge in [0.1, 0.15) is 11.3 Å². The summed E-state index contributed by atoms with van der Waals surface area (Å²) in [7, 11) is 1.27. The predicted molar refractivity (Wildman–Crippen MR) is 69.2 cm³/mol. The van der Waals surface area contributed by atoms with Gasteiger partial charge in [0.25, 0.3) is 0 Å². The molecule has 0 aromatic heterocycles. The van der Waals surface area contributed by atoms with Crippen LogP contribution in [0.3, 0.4) is 0 Å². The SMILES string of the molecule is COC(=O)c1ccccc1O.Oc1ccccc1O. The van der Waals surface area contributed by atoms with E-state index in [1.165, 1.54) is 31.4 Å². The van der Waals surface area contributed by atoms with E-state index in [0.29, 0.717) is 0 Å². The number of phenols is 3. The summed E-state index contributed by atoms with van der Waals surface area (Å²) in [6.07, 6.45) is 0. The standard InChI is InChI=1S/C8H8O3.C6H6O2/c1-11-8(10)6-4-2-3-5-7(6)9;7-5-3-1-2-4-6(5)8/h2-5,9H,1H3;1-4,7-8H. The van der Waals surface area contributed by atoms with Gasteiger partial charge in [0, 0.05) is 0 Å². The fourth-order valence-electron chi connectivity index (χ4n) is 1.22. The maximum Gasteiger partial charge on any atom is 0.341 e. The molecular formula is C14H14O5. The summed E-state index contributed by atoms with van der Waals surface area (Å²) in [5, 5.41) is 26.4. The molecule has 0 bridgehead atoms. The van der Waals surface area contributed by atoms with Crippen molar-refractivity contribution >= 4 is 5.97 Å². The number of carbonyl (C=O) groups is 1. The van der Waals surface area contributed by atoms with Gasteiger partial charge in [-0.2, -0.15) is 0 Å². The molecule has 100 valence electrons. The summed E-state index contributed by atoms with van der Waals surface area (Å²) in [6.45, 7) is 0. The number of esters is 1. The Morgan fingerprint density at radius 2 is 1.26 bits per heavy atom. The van der Waals surface area contributed by atoms with Crippen molar-refractivity contribution in [1.29, 1.82) is 0 Å². The molecule has 3 N–H and O–H groups in total. The molecule has 0 unspecified atom stereocenters. The molecule has 2 aromatic carbocycles. The highest BCUT2D eigenvalue weighted by atomic mass is 16.5. The van der Waals surface area contributed by atoms with E-state index in [-0.39, 0.29) is 22.8 Å². The maximum absolute atomic E-state index is 10.9. The van der Waals surface area contributed by atoms with Crippen molar-refractivity contribution in [3.63, 3.8) is 0 Å². The van der Waals surface area contributed by atoms with Crippen LogP contribution in [0.4, 0.5) is 0 Å². The van der Waals surface area contributed by atoms with E-state index < -0.39 is 5.97 Å². The number of benzene rings is 2. The van der Waals surface area contributed by atoms with Gasteiger partial charge >= 0.3 is 5.97 Å². The Morgan fingerprint density at radius 3 is 1.63 bits per heavy atom. The summed E-state index contributed by atoms with van der Waals surface area (Å²) < 4.78 is 4.42. The lowest BCUT2D eigenvalue weighted by atomic mass is 10.2. The van der Waals surface area contributed by atoms with Crippen molar-refractivity contribution in [3.05, 3.63) is 54.1 Å². The molecular weight excluding hydrogens is 248 g/mol. The largest absolute Gasteiger partial charge is 0.507 e. The Kier molecular flexibility index (Phi) is 5.22. The van der Waals surface area contributed by atoms with Crippen LogP contribution in [-0.2, 0) is 4.74 Å². The number of hydrogen-bond acceptors (Lipinski definition) is 5. The van der Waals surface area contributed by atoms with E-state index >= 15 is 0 Å². The lowest BCUT2D eigenvalue weighted by molar-refractivity contribution is 0.0597. The minimum Gasteiger partial charge on any atom is -0.507 e. The Bertz CT molecular complexity index is 530. The third-order valence-electron chi connectivity index (χ3n) is 2.19. The number of phenolic OH excluding ortho intramolecular Hbond substituents is 3. The van der Waals surface area contributed by atoms with Crippen LogP contribution in [0.2, 0.25) is 0 Å². The first-order valence-electron chi connectivity index (χ1n) is 5.39. The molecule has 0 fully saturated rings. The lowest BCUT2D eigenvalue weighted by Gasteiger charge is -1.99. The summed E-state index contributed by atoms with van der Waals surface area (Å²) in [5.41, 5.74) is 0.190. The fourth-order valence-corrected chi connectivity index (χ4v) is 1.22. The molecule has 0 heterocycles. The van der Waals surface area contributed by atoms with E-state index in [0.717, 1.165) is 0 Å². The number of methoxy groups -OCH3 is 1. The van der Waals surface area contributed by atoms with E-state index in [1.54, 1.807) is 24.3 Å². The van der Waals surface area contributed by atoms with E-state index in [1.807, 2.05) is 0 Å². The Labute approximate surface area is 110 Å². The van der Waals surface area contributed by atoms with Crippen LogP contribution in [0.1, 0.15) is 10.4 Å². The van der Waals surface area contributed by atoms with Crippen molar-refractivity contribution in [2.45, 2.75) is 0 Å². The van der Waals surface area contributed by atoms with Gasteiger partial charge in [-0.05, 0) is 24.3 Å². The smallest absolute Gasteiger partial charge is 0.341 e. The molecule has 5 nitrogen and oxygen atoms in total. The Morgan fingerprint density at radius 1 is 0.842 bits per heavy atom. The second-order valence-electron chi connectivity index (χ2n) is 3.50. The number of rotatable bonds is 1. The van der Waals surface area contributed by atoms with Gasteiger partial charge < -0.3 is 20.1 Å². The van der Waals surface area contributed by atoms with Crippen LogP contribution in [0.25, 0.3) is 0 Å². The fraction of sp³-hybridized carbons (Fsp3) is 0.0714. The molecule has 0 amide bonds. The highest BCUT2D eigenvalue weighted by Crippen LogP contribution is 2.21. The average Bonchev–Trinajstić information content (AvgIpc) is 2.42. The summed E-state index contributed by atoms with van der Waals surface area (Å²) in [6, 6.07) is 12.4. The molecule has 0 saturated heterocycles. The maximum atomic E-state index is 10.9. The highest BCUT2D eigenvalue weighted by Gasteiger charge is 2.08. The number of para-hydroxylation sites is 3. The monoisotopic (exact) mass is 262 g/mol. The van der Waals surface area contributed by atoms with E-state index in [9.17, 15) is 4.79 Å². The second kappa shape index (κ2) is 6.90. The van der Waals surface area contributed by atoms with Crippen molar-refractivity contribution in [2.75, 3.05) is 7.11 Å². The van der Waals surface area contributed by atoms with Gasteiger partial charge in [-0.3, -0.25) is 0 Å². The zero-order chi connectivity index (χ0) is 14.3. The highest BCUT2D eigenvalue weighted by molar-refractivity contribution is 5.92. The van der Waals surface area contributed by atoms with Gasteiger partial charge in [0.15, 0.2) is 11.5 Å². The van der Waals surface area contributed by atoms with E-state index in [2.05, 4.69) is 4.74 Å². The third kappa shape index (κ3) is 4.23. The zero-order valence-electron chi connectivity index (χ0n) is 10.3. The van der Waals surface area contributed by atoms with E-state index in [4.69, 9.17) is 15.3 Å². The molecule has 0 radical (unpaired) electrons. The minimum atomic E-state index is -0.525. The molecule has 2 rings (SSSR count). The first-order chi connectivity index (χ1) is 9.06. The van der Waals surface area contributed by atoms with Crippen LogP contribution in [-0.4, -0.2) is 28.4 Å². The van der Waals surface area contributed by atoms with Gasteiger partial charge in [0.05, 0.1) is 7.11 Å². The predicted octanol–water partition coefficient (Wildman–Crippen LogP) is 2.28. The molecule has 5 heteroatoms. The Balaban J connectivity index is 0.000000200. The molecule has 2 aromatic rings. The summed E-state index contributed by atoms with van der Waals surface area (Å²) >= 11 is 0. The third-order valence-corrected chi connectivity index (χ3v) is 2.19. The molecule has 0 atom stereocenters. The summed E-state index contributed by atoms with van der Waals surface area (Å²) in [5.74, 6) is -0.734. The van der Waals surface area contributed by atoms with Crippen molar-refractivity contribution < 1.29 is 24.9 Å². The number of carbonyl (C=O) groups excluding carboxylic acids is 1. The normalized spacial score (nSPS) is 9.11. The van der Waals surface area contributed by atoms with Crippen LogP contribution >= 0.6 is 0 Å². The minimum absolute atomic E-state index is 0.0562. The molecule has 19 heavy (non-hydrogen) atoms. The van der Waals surface area contributed by atoms with Gasteiger partial charge in [-0.15, -0.1) is 0 Å². The molecule has 0 aliphatic rings. The van der Waals surface area contributed by atoms with Gasteiger partial charge in [-0.1, -0.05) is 24.3 Å². The quantitative estimate of drug-likeness (QED) is 0.542. The van der Waals surface area contributed by atoms with Gasteiger partial charge in [-0.25, -0.2) is 4.79 Å². The topological polar surface area (TPSA) is 87.0 Å². The molecule has 0 aliphatic heterocycles. The van der Waals surface area contributed by atoms with Gasteiger partial charge in [0.2, 0.25) is 0 Å².